The minimum absolute atomic E-state index is 0.0622. The molecule has 1 N–H and O–H groups in total. The Labute approximate surface area is 169 Å². The van der Waals surface area contributed by atoms with Gasteiger partial charge < -0.3 is 13.9 Å². The summed E-state index contributed by atoms with van der Waals surface area (Å²) < 4.78 is 16.0. The fourth-order valence-corrected chi connectivity index (χ4v) is 2.72. The van der Waals surface area contributed by atoms with E-state index in [0.29, 0.717) is 23.8 Å². The minimum atomic E-state index is -0.373. The summed E-state index contributed by atoms with van der Waals surface area (Å²) in [5.41, 5.74) is 3.13. The first-order chi connectivity index (χ1) is 14.1. The van der Waals surface area contributed by atoms with Gasteiger partial charge in [-0.15, -0.1) is 5.10 Å². The molecule has 3 rings (SSSR count). The Morgan fingerprint density at radius 2 is 1.76 bits per heavy atom. The second kappa shape index (κ2) is 9.54. The van der Waals surface area contributed by atoms with Gasteiger partial charge in [0.25, 0.3) is 5.91 Å². The van der Waals surface area contributed by atoms with Crippen molar-refractivity contribution in [2.24, 2.45) is 0 Å². The van der Waals surface area contributed by atoms with Crippen LogP contribution in [0.25, 0.3) is 6.08 Å². The Morgan fingerprint density at radius 1 is 1.03 bits per heavy atom. The van der Waals surface area contributed by atoms with Crippen LogP contribution >= 0.6 is 0 Å². The molecule has 3 aromatic rings. The van der Waals surface area contributed by atoms with E-state index in [2.05, 4.69) is 34.6 Å². The Hall–Kier alpha value is -3.61. The van der Waals surface area contributed by atoms with Crippen LogP contribution in [0.2, 0.25) is 0 Å². The molecule has 2 aromatic carbocycles. The number of amides is 1. The van der Waals surface area contributed by atoms with Crippen molar-refractivity contribution < 1.29 is 18.7 Å². The molecule has 0 aliphatic heterocycles. The van der Waals surface area contributed by atoms with Gasteiger partial charge in [0.15, 0.2) is 11.5 Å². The normalized spacial score (nSPS) is 10.9. The smallest absolute Gasteiger partial charge is 0.322 e. The molecule has 0 radical (unpaired) electrons. The summed E-state index contributed by atoms with van der Waals surface area (Å²) in [4.78, 5) is 12.1. The van der Waals surface area contributed by atoms with Crippen LogP contribution in [-0.2, 0) is 17.6 Å². The Kier molecular flexibility index (Phi) is 6.63. The maximum absolute atomic E-state index is 12.1. The molecule has 0 fully saturated rings. The minimum Gasteiger partial charge on any atom is -0.493 e. The van der Waals surface area contributed by atoms with Gasteiger partial charge >= 0.3 is 6.01 Å². The van der Waals surface area contributed by atoms with Crippen molar-refractivity contribution in [2.45, 2.75) is 19.8 Å². The topological polar surface area (TPSA) is 86.5 Å². The second-order valence-electron chi connectivity index (χ2n) is 6.28. The Bertz CT molecular complexity index is 994. The third-order valence-corrected chi connectivity index (χ3v) is 4.32. The number of hydrogen-bond acceptors (Lipinski definition) is 6. The quantitative estimate of drug-likeness (QED) is 0.584. The number of anilines is 1. The molecule has 0 saturated carbocycles. The standard InChI is InChI=1S/C22H23N3O4/c1-4-15-5-7-17(8-6-15)14-21-24-25-22(29-21)23-20(26)12-10-16-9-11-18(27-2)19(13-16)28-3/h5-13H,4,14H2,1-3H3,(H,23,25,26)/b12-10+. The lowest BCUT2D eigenvalue weighted by atomic mass is 10.1. The van der Waals surface area contributed by atoms with Gasteiger partial charge in [0.2, 0.25) is 5.89 Å². The van der Waals surface area contributed by atoms with Crippen molar-refractivity contribution in [1.29, 1.82) is 0 Å². The molecular formula is C22H23N3O4. The van der Waals surface area contributed by atoms with E-state index >= 15 is 0 Å². The maximum Gasteiger partial charge on any atom is 0.322 e. The lowest BCUT2D eigenvalue weighted by Crippen LogP contribution is -2.07. The maximum atomic E-state index is 12.1. The van der Waals surface area contributed by atoms with E-state index < -0.39 is 0 Å². The van der Waals surface area contributed by atoms with Crippen LogP contribution in [0.1, 0.15) is 29.5 Å². The number of nitrogens with one attached hydrogen (secondary N) is 1. The molecule has 0 unspecified atom stereocenters. The van der Waals surface area contributed by atoms with Crippen molar-refractivity contribution >= 4 is 18.0 Å². The molecule has 1 aromatic heterocycles. The molecule has 0 spiro atoms. The number of carbonyl (C=O) groups is 1. The molecule has 150 valence electrons. The van der Waals surface area contributed by atoms with Crippen LogP contribution in [0.4, 0.5) is 6.01 Å². The van der Waals surface area contributed by atoms with Crippen LogP contribution in [0.15, 0.2) is 53.0 Å². The molecular weight excluding hydrogens is 370 g/mol. The molecule has 0 saturated heterocycles. The van der Waals surface area contributed by atoms with Gasteiger partial charge in [-0.1, -0.05) is 42.4 Å². The summed E-state index contributed by atoms with van der Waals surface area (Å²) in [7, 11) is 3.13. The van der Waals surface area contributed by atoms with Gasteiger partial charge in [-0.3, -0.25) is 10.1 Å². The van der Waals surface area contributed by atoms with Crippen LogP contribution in [0.3, 0.4) is 0 Å². The highest BCUT2D eigenvalue weighted by Crippen LogP contribution is 2.28. The number of methoxy groups -OCH3 is 2. The fourth-order valence-electron chi connectivity index (χ4n) is 2.72. The lowest BCUT2D eigenvalue weighted by molar-refractivity contribution is -0.112. The van der Waals surface area contributed by atoms with Gasteiger partial charge in [0.1, 0.15) is 0 Å². The van der Waals surface area contributed by atoms with Crippen molar-refractivity contribution in [3.8, 4) is 11.5 Å². The van der Waals surface area contributed by atoms with Gasteiger partial charge in [0, 0.05) is 6.08 Å². The predicted molar refractivity (Wildman–Crippen MR) is 110 cm³/mol. The first-order valence-electron chi connectivity index (χ1n) is 9.22. The number of ether oxygens (including phenoxy) is 2. The van der Waals surface area contributed by atoms with Gasteiger partial charge in [0.05, 0.1) is 20.6 Å². The number of rotatable bonds is 8. The molecule has 1 heterocycles. The zero-order valence-electron chi connectivity index (χ0n) is 16.6. The van der Waals surface area contributed by atoms with E-state index in [9.17, 15) is 4.79 Å². The second-order valence-corrected chi connectivity index (χ2v) is 6.28. The van der Waals surface area contributed by atoms with Gasteiger partial charge in [-0.05, 0) is 41.3 Å². The molecule has 29 heavy (non-hydrogen) atoms. The fraction of sp³-hybridized carbons (Fsp3) is 0.227. The monoisotopic (exact) mass is 393 g/mol. The van der Waals surface area contributed by atoms with E-state index in [-0.39, 0.29) is 11.9 Å². The first-order valence-corrected chi connectivity index (χ1v) is 9.22. The zero-order chi connectivity index (χ0) is 20.6. The lowest BCUT2D eigenvalue weighted by Gasteiger charge is -2.07. The van der Waals surface area contributed by atoms with Crippen molar-refractivity contribution in [1.82, 2.24) is 10.2 Å². The van der Waals surface area contributed by atoms with Crippen molar-refractivity contribution in [2.75, 3.05) is 19.5 Å². The molecule has 1 amide bonds. The SMILES string of the molecule is CCc1ccc(Cc2nnc(NC(=O)/C=C/c3ccc(OC)c(OC)c3)o2)cc1. The van der Waals surface area contributed by atoms with Gasteiger partial charge in [-0.25, -0.2) is 0 Å². The number of aromatic nitrogens is 2. The largest absolute Gasteiger partial charge is 0.493 e. The predicted octanol–water partition coefficient (Wildman–Crippen LogP) is 3.89. The van der Waals surface area contributed by atoms with Gasteiger partial charge in [-0.2, -0.15) is 0 Å². The van der Waals surface area contributed by atoms with Crippen molar-refractivity contribution in [3.63, 3.8) is 0 Å². The summed E-state index contributed by atoms with van der Waals surface area (Å²) in [6.45, 7) is 2.11. The van der Waals surface area contributed by atoms with Crippen LogP contribution in [-0.4, -0.2) is 30.3 Å². The van der Waals surface area contributed by atoms with Crippen molar-refractivity contribution in [3.05, 3.63) is 71.1 Å². The number of carbonyl (C=O) groups excluding carboxylic acids is 1. The number of nitrogens with zero attached hydrogens (tertiary/aromatic N) is 2. The molecule has 0 aliphatic rings. The average molecular weight is 393 g/mol. The summed E-state index contributed by atoms with van der Waals surface area (Å²) in [6, 6.07) is 13.7. The first kappa shape index (κ1) is 20.1. The Morgan fingerprint density at radius 3 is 2.45 bits per heavy atom. The third-order valence-electron chi connectivity index (χ3n) is 4.32. The average Bonchev–Trinajstić information content (AvgIpc) is 3.19. The van der Waals surface area contributed by atoms with Crippen LogP contribution < -0.4 is 14.8 Å². The zero-order valence-corrected chi connectivity index (χ0v) is 16.6. The van der Waals surface area contributed by atoms with E-state index in [0.717, 1.165) is 17.5 Å². The number of hydrogen-bond donors (Lipinski definition) is 1. The number of benzene rings is 2. The summed E-state index contributed by atoms with van der Waals surface area (Å²) in [5.74, 6) is 1.27. The van der Waals surface area contributed by atoms with E-state index in [4.69, 9.17) is 13.9 Å². The highest BCUT2D eigenvalue weighted by Gasteiger charge is 2.09. The summed E-state index contributed by atoms with van der Waals surface area (Å²) in [5, 5.41) is 10.4. The molecule has 7 nitrogen and oxygen atoms in total. The Balaban J connectivity index is 1.59. The van der Waals surface area contributed by atoms with E-state index in [1.54, 1.807) is 32.4 Å². The summed E-state index contributed by atoms with van der Waals surface area (Å²) >= 11 is 0. The molecule has 0 bridgehead atoms. The van der Waals surface area contributed by atoms with E-state index in [1.807, 2.05) is 18.2 Å². The van der Waals surface area contributed by atoms with Crippen LogP contribution in [0.5, 0.6) is 11.5 Å². The number of aryl methyl sites for hydroxylation is 1. The summed E-state index contributed by atoms with van der Waals surface area (Å²) in [6.07, 6.45) is 4.54. The molecule has 7 heteroatoms. The molecule has 0 atom stereocenters. The molecule has 0 aliphatic carbocycles. The third kappa shape index (κ3) is 5.44. The highest BCUT2D eigenvalue weighted by molar-refractivity contribution is 6.00. The highest BCUT2D eigenvalue weighted by atomic mass is 16.5. The van der Waals surface area contributed by atoms with Crippen LogP contribution in [0, 0.1) is 0 Å². The van der Waals surface area contributed by atoms with E-state index in [1.165, 1.54) is 11.6 Å².